The predicted molar refractivity (Wildman–Crippen MR) is 78.0 cm³/mol. The van der Waals surface area contributed by atoms with Gasteiger partial charge in [-0.3, -0.25) is 4.79 Å². The molecule has 0 saturated carbocycles. The minimum absolute atomic E-state index is 0.0141. The van der Waals surface area contributed by atoms with E-state index in [1.54, 1.807) is 0 Å². The summed E-state index contributed by atoms with van der Waals surface area (Å²) < 4.78 is 45.4. The Balaban J connectivity index is 2.25. The van der Waals surface area contributed by atoms with Gasteiger partial charge < -0.3 is 10.5 Å². The van der Waals surface area contributed by atoms with Crippen molar-refractivity contribution in [2.24, 2.45) is 5.73 Å². The van der Waals surface area contributed by atoms with E-state index in [1.807, 2.05) is 6.07 Å². The largest absolute Gasteiger partial charge is 0.437 e. The van der Waals surface area contributed by atoms with Crippen molar-refractivity contribution in [3.8, 4) is 6.07 Å². The minimum Gasteiger partial charge on any atom is -0.437 e. The van der Waals surface area contributed by atoms with Gasteiger partial charge in [0.1, 0.15) is 11.6 Å². The van der Waals surface area contributed by atoms with Crippen LogP contribution in [0.3, 0.4) is 0 Å². The third kappa shape index (κ3) is 2.54. The number of carbonyl (C=O) groups excluding carboxylic acids is 1. The third-order valence-corrected chi connectivity index (χ3v) is 4.21. The van der Waals surface area contributed by atoms with Gasteiger partial charge in [0.2, 0.25) is 5.88 Å². The van der Waals surface area contributed by atoms with Crippen molar-refractivity contribution >= 4 is 5.78 Å². The van der Waals surface area contributed by atoms with Gasteiger partial charge in [-0.2, -0.15) is 18.4 Å². The molecule has 2 aliphatic rings. The number of rotatable bonds is 1. The normalized spacial score (nSPS) is 21.2. The van der Waals surface area contributed by atoms with Crippen LogP contribution in [0.15, 0.2) is 47.1 Å². The van der Waals surface area contributed by atoms with Crippen LogP contribution in [0, 0.1) is 11.3 Å². The van der Waals surface area contributed by atoms with Gasteiger partial charge in [0.05, 0.1) is 5.56 Å². The Kier molecular flexibility index (Phi) is 3.84. The molecule has 1 aromatic carbocycles. The number of ether oxygens (including phenoxy) is 1. The van der Waals surface area contributed by atoms with Gasteiger partial charge in [-0.25, -0.2) is 0 Å². The molecule has 2 N–H and O–H groups in total. The van der Waals surface area contributed by atoms with Crippen molar-refractivity contribution in [1.29, 1.82) is 5.26 Å². The smallest absolute Gasteiger partial charge is 0.416 e. The van der Waals surface area contributed by atoms with Crippen molar-refractivity contribution < 1.29 is 22.7 Å². The first kappa shape index (κ1) is 16.1. The van der Waals surface area contributed by atoms with E-state index in [4.69, 9.17) is 10.5 Å². The standard InChI is InChI=1S/C17H13F3N2O2/c18-17(19,20)12-6-2-1-4-9(12)14-10-5-3-7-13(23)15(10)24-16(22)11(14)8-21/h1-2,4,6,14H,3,5,7,22H2/t14-/m1/s1. The average molecular weight is 334 g/mol. The van der Waals surface area contributed by atoms with Crippen molar-refractivity contribution in [3.05, 3.63) is 58.2 Å². The van der Waals surface area contributed by atoms with Crippen LogP contribution in [0.5, 0.6) is 0 Å². The molecule has 1 aromatic rings. The Bertz CT molecular complexity index is 816. The van der Waals surface area contributed by atoms with E-state index < -0.39 is 17.7 Å². The molecule has 0 saturated heterocycles. The quantitative estimate of drug-likeness (QED) is 0.852. The Morgan fingerprint density at radius 1 is 1.25 bits per heavy atom. The Morgan fingerprint density at radius 2 is 1.96 bits per heavy atom. The molecule has 4 nitrogen and oxygen atoms in total. The van der Waals surface area contributed by atoms with E-state index in [0.717, 1.165) is 6.07 Å². The number of carbonyl (C=O) groups is 1. The van der Waals surface area contributed by atoms with Gasteiger partial charge in [0.15, 0.2) is 11.5 Å². The van der Waals surface area contributed by atoms with Crippen LogP contribution in [0.25, 0.3) is 0 Å². The number of ketones is 1. The lowest BCUT2D eigenvalue weighted by atomic mass is 9.76. The fourth-order valence-corrected chi connectivity index (χ4v) is 3.19. The second-order valence-electron chi connectivity index (χ2n) is 5.64. The summed E-state index contributed by atoms with van der Waals surface area (Å²) in [6, 6.07) is 6.87. The molecule has 1 aliphatic heterocycles. The summed E-state index contributed by atoms with van der Waals surface area (Å²) in [6.45, 7) is 0. The molecule has 1 aliphatic carbocycles. The first-order valence-corrected chi connectivity index (χ1v) is 7.34. The Hall–Kier alpha value is -2.75. The molecule has 7 heteroatoms. The van der Waals surface area contributed by atoms with Gasteiger partial charge in [-0.05, 0) is 30.0 Å². The molecule has 3 rings (SSSR count). The molecule has 124 valence electrons. The molecular formula is C17H13F3N2O2. The van der Waals surface area contributed by atoms with Crippen molar-refractivity contribution in [2.45, 2.75) is 31.4 Å². The molecule has 0 bridgehead atoms. The zero-order chi connectivity index (χ0) is 17.5. The van der Waals surface area contributed by atoms with Crippen LogP contribution in [0.4, 0.5) is 13.2 Å². The zero-order valence-corrected chi connectivity index (χ0v) is 12.5. The number of hydrogen-bond donors (Lipinski definition) is 1. The van der Waals surface area contributed by atoms with E-state index >= 15 is 0 Å². The summed E-state index contributed by atoms with van der Waals surface area (Å²) >= 11 is 0. The number of benzene rings is 1. The highest BCUT2D eigenvalue weighted by molar-refractivity contribution is 5.96. The molecule has 0 fully saturated rings. The molecule has 1 atom stereocenters. The summed E-state index contributed by atoms with van der Waals surface area (Å²) in [5, 5.41) is 9.39. The minimum atomic E-state index is -4.58. The van der Waals surface area contributed by atoms with Crippen LogP contribution < -0.4 is 5.73 Å². The van der Waals surface area contributed by atoms with Gasteiger partial charge in [0, 0.05) is 12.3 Å². The number of allylic oxidation sites excluding steroid dienone is 3. The summed E-state index contributed by atoms with van der Waals surface area (Å²) in [5.41, 5.74) is 5.08. The first-order chi connectivity index (χ1) is 11.3. The van der Waals surface area contributed by atoms with Crippen LogP contribution >= 0.6 is 0 Å². The van der Waals surface area contributed by atoms with Gasteiger partial charge in [-0.15, -0.1) is 0 Å². The van der Waals surface area contributed by atoms with E-state index in [9.17, 15) is 23.2 Å². The average Bonchev–Trinajstić information content (AvgIpc) is 2.54. The molecule has 24 heavy (non-hydrogen) atoms. The third-order valence-electron chi connectivity index (χ3n) is 4.21. The highest BCUT2D eigenvalue weighted by Gasteiger charge is 2.41. The molecule has 1 heterocycles. The maximum Gasteiger partial charge on any atom is 0.416 e. The second kappa shape index (κ2) is 5.71. The topological polar surface area (TPSA) is 76.1 Å². The molecule has 0 unspecified atom stereocenters. The summed E-state index contributed by atoms with van der Waals surface area (Å²) in [5.74, 6) is -1.64. The maximum absolute atomic E-state index is 13.4. The van der Waals surface area contributed by atoms with E-state index in [0.29, 0.717) is 18.4 Å². The fourth-order valence-electron chi connectivity index (χ4n) is 3.19. The molecular weight excluding hydrogens is 321 g/mol. The highest BCUT2D eigenvalue weighted by atomic mass is 19.4. The lowest BCUT2D eigenvalue weighted by molar-refractivity contribution is -0.138. The van der Waals surface area contributed by atoms with Crippen LogP contribution in [0.2, 0.25) is 0 Å². The second-order valence-corrected chi connectivity index (χ2v) is 5.64. The van der Waals surface area contributed by atoms with E-state index in [-0.39, 0.29) is 35.0 Å². The number of hydrogen-bond acceptors (Lipinski definition) is 4. The SMILES string of the molecule is N#CC1=C(N)OC2=C(CCCC2=O)[C@H]1c1ccccc1C(F)(F)F. The van der Waals surface area contributed by atoms with Gasteiger partial charge in [-0.1, -0.05) is 18.2 Å². The van der Waals surface area contributed by atoms with Gasteiger partial charge in [0.25, 0.3) is 0 Å². The van der Waals surface area contributed by atoms with Crippen LogP contribution in [-0.2, 0) is 15.7 Å². The first-order valence-electron chi connectivity index (χ1n) is 7.34. The van der Waals surface area contributed by atoms with Gasteiger partial charge >= 0.3 is 6.18 Å². The number of halogens is 3. The highest BCUT2D eigenvalue weighted by Crippen LogP contribution is 2.47. The lowest BCUT2D eigenvalue weighted by Gasteiger charge is -2.32. The molecule has 0 spiro atoms. The summed E-state index contributed by atoms with van der Waals surface area (Å²) in [4.78, 5) is 12.1. The number of nitrogens with two attached hydrogens (primary N) is 1. The van der Waals surface area contributed by atoms with Crippen molar-refractivity contribution in [2.75, 3.05) is 0 Å². The maximum atomic E-state index is 13.4. The number of Topliss-reactive ketones (excluding diaryl/α,β-unsaturated/α-hetero) is 1. The van der Waals surface area contributed by atoms with Crippen molar-refractivity contribution in [1.82, 2.24) is 0 Å². The van der Waals surface area contributed by atoms with Crippen molar-refractivity contribution in [3.63, 3.8) is 0 Å². The summed E-state index contributed by atoms with van der Waals surface area (Å²) in [6.07, 6.45) is -3.44. The van der Waals surface area contributed by atoms with Crippen LogP contribution in [0.1, 0.15) is 36.3 Å². The number of nitrogens with zero attached hydrogens (tertiary/aromatic N) is 1. The molecule has 0 amide bonds. The molecule has 0 aromatic heterocycles. The number of alkyl halides is 3. The monoisotopic (exact) mass is 334 g/mol. The predicted octanol–water partition coefficient (Wildman–Crippen LogP) is 3.52. The zero-order valence-electron chi connectivity index (χ0n) is 12.5. The lowest BCUT2D eigenvalue weighted by Crippen LogP contribution is -2.28. The molecule has 0 radical (unpaired) electrons. The van der Waals surface area contributed by atoms with E-state index in [1.165, 1.54) is 18.2 Å². The van der Waals surface area contributed by atoms with E-state index in [2.05, 4.69) is 0 Å². The number of nitriles is 1. The Labute approximate surface area is 136 Å². The summed E-state index contributed by atoms with van der Waals surface area (Å²) in [7, 11) is 0. The Morgan fingerprint density at radius 3 is 2.62 bits per heavy atom. The van der Waals surface area contributed by atoms with Crippen LogP contribution in [-0.4, -0.2) is 5.78 Å². The fraction of sp³-hybridized carbons (Fsp3) is 0.294.